The summed E-state index contributed by atoms with van der Waals surface area (Å²) in [4.78, 5) is 11.4. The van der Waals surface area contributed by atoms with Crippen LogP contribution in [0.4, 0.5) is 0 Å². The maximum atomic E-state index is 11.4. The van der Waals surface area contributed by atoms with Gasteiger partial charge in [0.1, 0.15) is 6.10 Å². The SMILES string of the molecule is CCCCCCC(O)CCCCCCCCC(=O)OC(CO)CO. The predicted molar refractivity (Wildman–Crippen MR) is 95.8 cm³/mol. The number of carbonyl (C=O) groups is 1. The van der Waals surface area contributed by atoms with Gasteiger partial charge in [-0.05, 0) is 19.3 Å². The molecule has 0 saturated carbocycles. The highest BCUT2D eigenvalue weighted by atomic mass is 16.6. The van der Waals surface area contributed by atoms with Crippen LogP contribution < -0.4 is 0 Å². The van der Waals surface area contributed by atoms with Crippen molar-refractivity contribution in [2.75, 3.05) is 13.2 Å². The molecule has 1 unspecified atom stereocenters. The molecular formula is C19H38O5. The van der Waals surface area contributed by atoms with Crippen LogP contribution in [-0.4, -0.2) is 46.7 Å². The Morgan fingerprint density at radius 3 is 1.88 bits per heavy atom. The Morgan fingerprint density at radius 1 is 0.833 bits per heavy atom. The molecule has 24 heavy (non-hydrogen) atoms. The zero-order valence-corrected chi connectivity index (χ0v) is 15.4. The second-order valence-electron chi connectivity index (χ2n) is 6.64. The van der Waals surface area contributed by atoms with Gasteiger partial charge < -0.3 is 20.1 Å². The van der Waals surface area contributed by atoms with Gasteiger partial charge in [-0.2, -0.15) is 0 Å². The highest BCUT2D eigenvalue weighted by Crippen LogP contribution is 2.13. The van der Waals surface area contributed by atoms with Gasteiger partial charge in [-0.25, -0.2) is 0 Å². The molecule has 0 aromatic carbocycles. The van der Waals surface area contributed by atoms with Gasteiger partial charge in [0.25, 0.3) is 0 Å². The summed E-state index contributed by atoms with van der Waals surface area (Å²) in [6.07, 6.45) is 12.3. The van der Waals surface area contributed by atoms with E-state index in [1.54, 1.807) is 0 Å². The minimum absolute atomic E-state index is 0.136. The first-order valence-electron chi connectivity index (χ1n) is 9.73. The standard InChI is InChI=1S/C19H38O5/c1-2-3-4-9-12-17(22)13-10-7-5-6-8-11-14-19(23)24-18(15-20)16-21/h17-18,20-22H,2-16H2,1H3. The van der Waals surface area contributed by atoms with Crippen LogP contribution in [0.2, 0.25) is 0 Å². The average Bonchev–Trinajstić information content (AvgIpc) is 2.58. The fourth-order valence-corrected chi connectivity index (χ4v) is 2.68. The first-order chi connectivity index (χ1) is 11.6. The van der Waals surface area contributed by atoms with Crippen LogP contribution in [0.5, 0.6) is 0 Å². The quantitative estimate of drug-likeness (QED) is 0.278. The number of hydrogen-bond donors (Lipinski definition) is 3. The number of hydrogen-bond acceptors (Lipinski definition) is 5. The lowest BCUT2D eigenvalue weighted by Crippen LogP contribution is -2.25. The monoisotopic (exact) mass is 346 g/mol. The molecule has 0 amide bonds. The van der Waals surface area contributed by atoms with Crippen molar-refractivity contribution in [3.05, 3.63) is 0 Å². The summed E-state index contributed by atoms with van der Waals surface area (Å²) in [5, 5.41) is 27.5. The van der Waals surface area contributed by atoms with E-state index in [1.807, 2.05) is 0 Å². The fraction of sp³-hybridized carbons (Fsp3) is 0.947. The van der Waals surface area contributed by atoms with Crippen molar-refractivity contribution >= 4 is 5.97 Å². The molecule has 0 radical (unpaired) electrons. The van der Waals surface area contributed by atoms with Crippen LogP contribution in [-0.2, 0) is 9.53 Å². The molecule has 0 saturated heterocycles. The van der Waals surface area contributed by atoms with Gasteiger partial charge in [0, 0.05) is 6.42 Å². The number of rotatable bonds is 17. The lowest BCUT2D eigenvalue weighted by atomic mass is 10.0. The van der Waals surface area contributed by atoms with Crippen molar-refractivity contribution < 1.29 is 24.9 Å². The molecule has 5 nitrogen and oxygen atoms in total. The Bertz CT molecular complexity index is 279. The summed E-state index contributed by atoms with van der Waals surface area (Å²) < 4.78 is 4.90. The Labute approximate surface area is 147 Å². The lowest BCUT2D eigenvalue weighted by Gasteiger charge is -2.12. The molecule has 0 aliphatic rings. The Kier molecular flexibility index (Phi) is 16.7. The third kappa shape index (κ3) is 14.9. The van der Waals surface area contributed by atoms with Gasteiger partial charge in [-0.1, -0.05) is 64.7 Å². The van der Waals surface area contributed by atoms with E-state index < -0.39 is 6.10 Å². The number of carbonyl (C=O) groups excluding carboxylic acids is 1. The average molecular weight is 347 g/mol. The second kappa shape index (κ2) is 17.2. The van der Waals surface area contributed by atoms with Gasteiger partial charge in [-0.3, -0.25) is 4.79 Å². The van der Waals surface area contributed by atoms with E-state index in [2.05, 4.69) is 6.92 Å². The molecule has 0 rings (SSSR count). The first kappa shape index (κ1) is 23.4. The molecule has 0 spiro atoms. The summed E-state index contributed by atoms with van der Waals surface area (Å²) in [5.74, 6) is -0.353. The van der Waals surface area contributed by atoms with E-state index in [1.165, 1.54) is 19.3 Å². The largest absolute Gasteiger partial charge is 0.457 e. The molecule has 0 aromatic rings. The lowest BCUT2D eigenvalue weighted by molar-refractivity contribution is -0.153. The van der Waals surface area contributed by atoms with E-state index >= 15 is 0 Å². The maximum Gasteiger partial charge on any atom is 0.306 e. The van der Waals surface area contributed by atoms with E-state index in [-0.39, 0.29) is 25.3 Å². The van der Waals surface area contributed by atoms with Crippen LogP contribution >= 0.6 is 0 Å². The minimum Gasteiger partial charge on any atom is -0.457 e. The van der Waals surface area contributed by atoms with Crippen molar-refractivity contribution in [2.45, 2.75) is 103 Å². The Hall–Kier alpha value is -0.650. The van der Waals surface area contributed by atoms with Gasteiger partial charge in [0.15, 0.2) is 0 Å². The summed E-state index contributed by atoms with van der Waals surface area (Å²) in [7, 11) is 0. The van der Waals surface area contributed by atoms with Crippen LogP contribution in [0.25, 0.3) is 0 Å². The molecule has 5 heteroatoms. The molecule has 0 aliphatic carbocycles. The highest BCUT2D eigenvalue weighted by molar-refractivity contribution is 5.69. The van der Waals surface area contributed by atoms with Crippen LogP contribution in [0.1, 0.15) is 90.4 Å². The predicted octanol–water partition coefficient (Wildman–Crippen LogP) is 3.33. The van der Waals surface area contributed by atoms with Gasteiger partial charge in [0.05, 0.1) is 19.3 Å². The normalized spacial score (nSPS) is 12.5. The molecule has 0 aliphatic heterocycles. The number of unbranched alkanes of at least 4 members (excludes halogenated alkanes) is 8. The summed E-state index contributed by atoms with van der Waals surface area (Å²) in [6.45, 7) is 1.51. The van der Waals surface area contributed by atoms with E-state index in [4.69, 9.17) is 14.9 Å². The molecule has 0 fully saturated rings. The first-order valence-corrected chi connectivity index (χ1v) is 9.73. The molecule has 0 heterocycles. The number of aliphatic hydroxyl groups excluding tert-OH is 3. The summed E-state index contributed by atoms with van der Waals surface area (Å²) >= 11 is 0. The third-order valence-electron chi connectivity index (χ3n) is 4.26. The summed E-state index contributed by atoms with van der Waals surface area (Å²) in [6, 6.07) is 0. The van der Waals surface area contributed by atoms with Crippen LogP contribution in [0, 0.1) is 0 Å². The molecule has 0 aromatic heterocycles. The number of aliphatic hydroxyl groups is 3. The highest BCUT2D eigenvalue weighted by Gasteiger charge is 2.11. The third-order valence-corrected chi connectivity index (χ3v) is 4.26. The van der Waals surface area contributed by atoms with E-state index in [9.17, 15) is 9.90 Å². The topological polar surface area (TPSA) is 87.0 Å². The Morgan fingerprint density at radius 2 is 1.33 bits per heavy atom. The van der Waals surface area contributed by atoms with E-state index in [0.717, 1.165) is 57.8 Å². The fourth-order valence-electron chi connectivity index (χ4n) is 2.68. The van der Waals surface area contributed by atoms with Crippen molar-refractivity contribution in [3.63, 3.8) is 0 Å². The minimum atomic E-state index is -0.786. The van der Waals surface area contributed by atoms with Gasteiger partial charge in [-0.15, -0.1) is 0 Å². The Balaban J connectivity index is 3.34. The molecule has 3 N–H and O–H groups in total. The van der Waals surface area contributed by atoms with Crippen LogP contribution in [0.3, 0.4) is 0 Å². The smallest absolute Gasteiger partial charge is 0.306 e. The number of ether oxygens (including phenoxy) is 1. The van der Waals surface area contributed by atoms with Gasteiger partial charge in [0.2, 0.25) is 0 Å². The van der Waals surface area contributed by atoms with Crippen molar-refractivity contribution in [1.29, 1.82) is 0 Å². The molecule has 144 valence electrons. The van der Waals surface area contributed by atoms with Crippen LogP contribution in [0.15, 0.2) is 0 Å². The second-order valence-corrected chi connectivity index (χ2v) is 6.64. The zero-order chi connectivity index (χ0) is 18.0. The van der Waals surface area contributed by atoms with Crippen molar-refractivity contribution in [1.82, 2.24) is 0 Å². The van der Waals surface area contributed by atoms with Crippen molar-refractivity contribution in [3.8, 4) is 0 Å². The van der Waals surface area contributed by atoms with E-state index in [0.29, 0.717) is 6.42 Å². The molecule has 1 atom stereocenters. The zero-order valence-electron chi connectivity index (χ0n) is 15.4. The van der Waals surface area contributed by atoms with Gasteiger partial charge >= 0.3 is 5.97 Å². The molecular weight excluding hydrogens is 308 g/mol. The maximum absolute atomic E-state index is 11.4. The van der Waals surface area contributed by atoms with Crippen molar-refractivity contribution in [2.24, 2.45) is 0 Å². The summed E-state index contributed by atoms with van der Waals surface area (Å²) in [5.41, 5.74) is 0. The molecule has 0 bridgehead atoms. The number of esters is 1.